The minimum Gasteiger partial charge on any atom is -0.333 e. The molecule has 12 bridgehead atoms. The van der Waals surface area contributed by atoms with E-state index >= 15 is 0 Å². The van der Waals surface area contributed by atoms with Gasteiger partial charge < -0.3 is 10.6 Å². The highest BCUT2D eigenvalue weighted by Gasteiger charge is 2.61. The largest absolute Gasteiger partial charge is 0.333 e. The summed E-state index contributed by atoms with van der Waals surface area (Å²) in [6.07, 6.45) is 19.4. The van der Waals surface area contributed by atoms with Gasteiger partial charge in [0.15, 0.2) is 0 Å². The molecule has 4 heteroatoms. The third kappa shape index (κ3) is 3.05. The molecule has 12 aliphatic carbocycles. The van der Waals surface area contributed by atoms with Gasteiger partial charge in [-0.05, 0) is 155 Å². The van der Waals surface area contributed by atoms with Gasteiger partial charge in [-0.15, -0.1) is 0 Å². The molecule has 12 aliphatic rings. The van der Waals surface area contributed by atoms with Crippen molar-refractivity contribution in [2.75, 3.05) is 0 Å². The standard InChI is InChI=1S/C32H46N2O2/c35-30(28-22-4-16-1-17(6-22)7-23(28)5-16)33-32(26-12-20-3-21(14-26)15-27(32)13-20)34-31(36)29-24-8-18-2-19(10-24)11-25(29)9-18/h16-29H,1-15H2,(H,33,35)(H,34,36). The molecular formula is C32H46N2O2. The summed E-state index contributed by atoms with van der Waals surface area (Å²) in [5, 5.41) is 7.57. The lowest BCUT2D eigenvalue weighted by atomic mass is 9.49. The predicted octanol–water partition coefficient (Wildman–Crippen LogP) is 5.52. The van der Waals surface area contributed by atoms with E-state index < -0.39 is 5.66 Å². The summed E-state index contributed by atoms with van der Waals surface area (Å²) in [7, 11) is 0. The highest BCUT2D eigenvalue weighted by Crippen LogP contribution is 2.61. The number of amides is 2. The Morgan fingerprint density at radius 2 is 0.694 bits per heavy atom. The number of nitrogens with one attached hydrogen (secondary N) is 2. The Bertz CT molecular complexity index is 829. The van der Waals surface area contributed by atoms with Crippen LogP contribution in [0.15, 0.2) is 0 Å². The number of rotatable bonds is 4. The van der Waals surface area contributed by atoms with Crippen LogP contribution >= 0.6 is 0 Å². The van der Waals surface area contributed by atoms with Crippen molar-refractivity contribution in [2.24, 2.45) is 82.9 Å². The SMILES string of the molecule is O=C(NC1(NC(=O)C2C3CC4CC(C3)CC2C4)C2CC3CC(C2)CC1C3)C1C2CC3CC(C2)CC1C3. The van der Waals surface area contributed by atoms with Crippen molar-refractivity contribution in [2.45, 2.75) is 102 Å². The Morgan fingerprint density at radius 1 is 0.417 bits per heavy atom. The molecule has 12 rings (SSSR count). The van der Waals surface area contributed by atoms with Gasteiger partial charge in [0.25, 0.3) is 0 Å². The van der Waals surface area contributed by atoms with Crippen molar-refractivity contribution < 1.29 is 9.59 Å². The number of hydrogen-bond donors (Lipinski definition) is 2. The summed E-state index contributed by atoms with van der Waals surface area (Å²) < 4.78 is 0. The van der Waals surface area contributed by atoms with Crippen LogP contribution in [0.5, 0.6) is 0 Å². The van der Waals surface area contributed by atoms with Crippen molar-refractivity contribution in [3.8, 4) is 0 Å². The number of carbonyl (C=O) groups excluding carboxylic acids is 2. The third-order valence-electron chi connectivity index (χ3n) is 14.1. The molecule has 2 N–H and O–H groups in total. The fourth-order valence-electron chi connectivity index (χ4n) is 13.6. The monoisotopic (exact) mass is 490 g/mol. The van der Waals surface area contributed by atoms with E-state index in [0.29, 0.717) is 47.3 Å². The highest BCUT2D eigenvalue weighted by molar-refractivity contribution is 5.84. The molecule has 36 heavy (non-hydrogen) atoms. The smallest absolute Gasteiger partial charge is 0.225 e. The lowest BCUT2D eigenvalue weighted by Gasteiger charge is -2.62. The van der Waals surface area contributed by atoms with Crippen LogP contribution in [0.4, 0.5) is 0 Å². The predicted molar refractivity (Wildman–Crippen MR) is 137 cm³/mol. The van der Waals surface area contributed by atoms with Crippen molar-refractivity contribution >= 4 is 11.8 Å². The molecule has 12 saturated carbocycles. The summed E-state index contributed by atoms with van der Waals surface area (Å²) >= 11 is 0. The molecule has 0 aromatic carbocycles. The molecule has 0 aromatic rings. The normalized spacial score (nSPS) is 58.9. The van der Waals surface area contributed by atoms with Gasteiger partial charge in [0, 0.05) is 23.7 Å². The van der Waals surface area contributed by atoms with Gasteiger partial charge in [-0.3, -0.25) is 9.59 Å². The molecule has 4 nitrogen and oxygen atoms in total. The van der Waals surface area contributed by atoms with Crippen LogP contribution in [-0.4, -0.2) is 17.5 Å². The molecule has 0 atom stereocenters. The quantitative estimate of drug-likeness (QED) is 0.510. The summed E-state index contributed by atoms with van der Waals surface area (Å²) in [6, 6.07) is 0. The van der Waals surface area contributed by atoms with Crippen LogP contribution < -0.4 is 10.6 Å². The molecule has 0 aliphatic heterocycles. The lowest BCUT2D eigenvalue weighted by Crippen LogP contribution is -2.75. The molecule has 2 amide bonds. The molecule has 0 unspecified atom stereocenters. The first-order valence-corrected chi connectivity index (χ1v) is 16.1. The van der Waals surface area contributed by atoms with Crippen molar-refractivity contribution in [3.63, 3.8) is 0 Å². The Hall–Kier alpha value is -1.06. The van der Waals surface area contributed by atoms with Gasteiger partial charge in [0.1, 0.15) is 5.66 Å². The minimum absolute atomic E-state index is 0.213. The zero-order chi connectivity index (χ0) is 23.8. The van der Waals surface area contributed by atoms with E-state index in [1.165, 1.54) is 96.3 Å². The summed E-state index contributed by atoms with van der Waals surface area (Å²) in [5.41, 5.74) is -0.453. The molecule has 0 saturated heterocycles. The summed E-state index contributed by atoms with van der Waals surface area (Å²) in [5.74, 6) is 9.66. The minimum atomic E-state index is -0.453. The van der Waals surface area contributed by atoms with E-state index in [9.17, 15) is 9.59 Å². The number of carbonyl (C=O) groups is 2. The molecule has 0 heterocycles. The van der Waals surface area contributed by atoms with Crippen LogP contribution in [-0.2, 0) is 9.59 Å². The molecule has 0 radical (unpaired) electrons. The Balaban J connectivity index is 1.02. The fraction of sp³-hybridized carbons (Fsp3) is 0.938. The molecular weight excluding hydrogens is 444 g/mol. The fourth-order valence-corrected chi connectivity index (χ4v) is 13.6. The average molecular weight is 491 g/mol. The Kier molecular flexibility index (Phi) is 4.56. The molecule has 196 valence electrons. The second-order valence-corrected chi connectivity index (χ2v) is 16.1. The average Bonchev–Trinajstić information content (AvgIpc) is 2.80. The summed E-state index contributed by atoms with van der Waals surface area (Å²) in [6.45, 7) is 0. The van der Waals surface area contributed by atoms with Gasteiger partial charge in [0.05, 0.1) is 0 Å². The first-order chi connectivity index (χ1) is 17.5. The highest BCUT2D eigenvalue weighted by atomic mass is 16.2. The van der Waals surface area contributed by atoms with Gasteiger partial charge in [-0.2, -0.15) is 0 Å². The van der Waals surface area contributed by atoms with E-state index in [0.717, 1.165) is 35.5 Å². The molecule has 12 fully saturated rings. The van der Waals surface area contributed by atoms with Gasteiger partial charge in [0.2, 0.25) is 11.8 Å². The van der Waals surface area contributed by atoms with E-state index in [1.807, 2.05) is 0 Å². The zero-order valence-corrected chi connectivity index (χ0v) is 22.0. The lowest BCUT2D eigenvalue weighted by molar-refractivity contribution is -0.159. The Morgan fingerprint density at radius 3 is 1.00 bits per heavy atom. The van der Waals surface area contributed by atoms with E-state index in [1.54, 1.807) is 0 Å². The molecule has 0 aromatic heterocycles. The van der Waals surface area contributed by atoms with Crippen LogP contribution in [0.25, 0.3) is 0 Å². The van der Waals surface area contributed by atoms with Crippen molar-refractivity contribution in [1.82, 2.24) is 10.6 Å². The maximum atomic E-state index is 14.3. The first-order valence-electron chi connectivity index (χ1n) is 16.1. The number of hydrogen-bond acceptors (Lipinski definition) is 2. The van der Waals surface area contributed by atoms with Gasteiger partial charge in [-0.25, -0.2) is 0 Å². The maximum Gasteiger partial charge on any atom is 0.225 e. The first kappa shape index (κ1) is 21.8. The zero-order valence-electron chi connectivity index (χ0n) is 22.0. The van der Waals surface area contributed by atoms with Crippen LogP contribution in [0.2, 0.25) is 0 Å². The second kappa shape index (κ2) is 7.53. The van der Waals surface area contributed by atoms with Crippen LogP contribution in [0.3, 0.4) is 0 Å². The van der Waals surface area contributed by atoms with Gasteiger partial charge in [-0.1, -0.05) is 0 Å². The second-order valence-electron chi connectivity index (χ2n) is 16.1. The maximum absolute atomic E-state index is 14.3. The van der Waals surface area contributed by atoms with Crippen LogP contribution in [0, 0.1) is 82.9 Å². The third-order valence-corrected chi connectivity index (χ3v) is 14.1. The summed E-state index contributed by atoms with van der Waals surface area (Å²) in [4.78, 5) is 28.5. The van der Waals surface area contributed by atoms with E-state index in [4.69, 9.17) is 0 Å². The van der Waals surface area contributed by atoms with E-state index in [-0.39, 0.29) is 11.8 Å². The Labute approximate surface area is 216 Å². The van der Waals surface area contributed by atoms with Crippen molar-refractivity contribution in [3.05, 3.63) is 0 Å². The van der Waals surface area contributed by atoms with Gasteiger partial charge >= 0.3 is 0 Å². The van der Waals surface area contributed by atoms with Crippen LogP contribution in [0.1, 0.15) is 96.3 Å². The topological polar surface area (TPSA) is 58.2 Å². The molecule has 0 spiro atoms. The van der Waals surface area contributed by atoms with E-state index in [2.05, 4.69) is 10.6 Å². The van der Waals surface area contributed by atoms with Crippen molar-refractivity contribution in [1.29, 1.82) is 0 Å².